The van der Waals surface area contributed by atoms with Gasteiger partial charge in [0.25, 0.3) is 5.56 Å². The number of aromatic nitrogens is 3. The molecule has 1 aliphatic rings. The topological polar surface area (TPSA) is 121 Å². The molecule has 1 aromatic carbocycles. The molecular weight excluding hydrogens is 626 g/mol. The summed E-state index contributed by atoms with van der Waals surface area (Å²) >= 11 is 6.62. The van der Waals surface area contributed by atoms with Gasteiger partial charge in [-0.3, -0.25) is 19.1 Å². The van der Waals surface area contributed by atoms with Crippen LogP contribution in [-0.2, 0) is 4.79 Å². The first-order valence-corrected chi connectivity index (χ1v) is 14.6. The fraction of sp³-hybridized carbons (Fsp3) is 0.281. The van der Waals surface area contributed by atoms with Crippen LogP contribution in [0.2, 0.25) is 5.02 Å². The van der Waals surface area contributed by atoms with Crippen LogP contribution in [0.25, 0.3) is 28.0 Å². The van der Waals surface area contributed by atoms with Crippen molar-refractivity contribution in [1.29, 1.82) is 5.26 Å². The van der Waals surface area contributed by atoms with Gasteiger partial charge in [0.05, 0.1) is 39.0 Å². The summed E-state index contributed by atoms with van der Waals surface area (Å²) in [4.78, 5) is 39.0. The van der Waals surface area contributed by atoms with E-state index in [9.17, 15) is 28.0 Å². The fourth-order valence-electron chi connectivity index (χ4n) is 5.83. The van der Waals surface area contributed by atoms with E-state index in [2.05, 4.69) is 16.5 Å². The summed E-state index contributed by atoms with van der Waals surface area (Å²) in [7, 11) is 0. The molecule has 2 N–H and O–H groups in total. The number of carbonyl (C=O) groups excluding carboxylic acids is 1. The first-order chi connectivity index (χ1) is 21.7. The average molecular weight is 654 g/mol. The Morgan fingerprint density at radius 3 is 2.46 bits per heavy atom. The zero-order valence-electron chi connectivity index (χ0n) is 25.3. The molecule has 4 aromatic rings. The van der Waals surface area contributed by atoms with E-state index in [0.717, 1.165) is 4.57 Å². The highest BCUT2D eigenvalue weighted by Crippen LogP contribution is 2.41. The Kier molecular flexibility index (Phi) is 8.53. The van der Waals surface area contributed by atoms with Gasteiger partial charge in [0, 0.05) is 37.3 Å². The number of nitrogen functional groups attached to an aromatic ring is 1. The molecule has 1 saturated heterocycles. The summed E-state index contributed by atoms with van der Waals surface area (Å²) in [6.45, 7) is 11.4. The maximum absolute atomic E-state index is 15.2. The third-order valence-corrected chi connectivity index (χ3v) is 8.34. The van der Waals surface area contributed by atoms with Crippen molar-refractivity contribution in [2.45, 2.75) is 39.7 Å². The van der Waals surface area contributed by atoms with Crippen LogP contribution in [0.5, 0.6) is 0 Å². The summed E-state index contributed by atoms with van der Waals surface area (Å²) in [5.41, 5.74) is 3.41. The molecule has 0 unspecified atom stereocenters. The van der Waals surface area contributed by atoms with E-state index in [0.29, 0.717) is 11.3 Å². The second kappa shape index (κ2) is 12.1. The lowest BCUT2D eigenvalue weighted by molar-refractivity contribution is -0.126. The Morgan fingerprint density at radius 2 is 1.85 bits per heavy atom. The van der Waals surface area contributed by atoms with Crippen molar-refractivity contribution in [3.8, 4) is 23.0 Å². The maximum atomic E-state index is 15.2. The van der Waals surface area contributed by atoms with Gasteiger partial charge in [-0.1, -0.05) is 32.0 Å². The van der Waals surface area contributed by atoms with Crippen molar-refractivity contribution in [3.05, 3.63) is 86.5 Å². The van der Waals surface area contributed by atoms with Gasteiger partial charge in [0.15, 0.2) is 23.3 Å². The number of nitriles is 1. The smallest absolute Gasteiger partial charge is 0.276 e. The molecule has 0 saturated carbocycles. The Bertz CT molecular complexity index is 2030. The van der Waals surface area contributed by atoms with Gasteiger partial charge in [-0.2, -0.15) is 5.26 Å². The number of carbonyl (C=O) groups is 1. The van der Waals surface area contributed by atoms with Gasteiger partial charge in [-0.05, 0) is 43.5 Å². The van der Waals surface area contributed by atoms with E-state index < -0.39 is 51.8 Å². The molecule has 1 atom stereocenters. The normalized spacial score (nSPS) is 15.0. The summed E-state index contributed by atoms with van der Waals surface area (Å²) in [6, 6.07) is 4.54. The molecule has 0 spiro atoms. The number of pyridine rings is 3. The minimum atomic E-state index is -2.12. The number of amides is 1. The molecule has 1 aliphatic heterocycles. The number of nitrogens with zero attached hydrogens (tertiary/aromatic N) is 6. The fourth-order valence-corrected chi connectivity index (χ4v) is 6.08. The van der Waals surface area contributed by atoms with Crippen molar-refractivity contribution in [2.75, 3.05) is 30.3 Å². The second-order valence-corrected chi connectivity index (χ2v) is 11.7. The highest BCUT2D eigenvalue weighted by atomic mass is 35.5. The molecule has 1 amide bonds. The SMILES string of the molecule is C=CC(=O)N1CCN(c2c(C#N)c(=O)n(-c3c(C)ccnc3C(C)C)c3nc(-c4c(N)c(F)c(F)c(F)c4F)c(Cl)cc23)[C@@H](C)C1. The van der Waals surface area contributed by atoms with Gasteiger partial charge < -0.3 is 15.5 Å². The molecule has 4 heterocycles. The van der Waals surface area contributed by atoms with Crippen LogP contribution in [-0.4, -0.2) is 51.0 Å². The van der Waals surface area contributed by atoms with Crippen molar-refractivity contribution in [3.63, 3.8) is 0 Å². The molecular formula is C32H28ClF4N7O2. The highest BCUT2D eigenvalue weighted by molar-refractivity contribution is 6.34. The van der Waals surface area contributed by atoms with Crippen LogP contribution in [0, 0.1) is 41.5 Å². The van der Waals surface area contributed by atoms with Crippen LogP contribution < -0.4 is 16.2 Å². The van der Waals surface area contributed by atoms with E-state index in [1.807, 2.05) is 19.9 Å². The molecule has 0 aliphatic carbocycles. The van der Waals surface area contributed by atoms with E-state index in [1.54, 1.807) is 35.9 Å². The van der Waals surface area contributed by atoms with Gasteiger partial charge in [-0.15, -0.1) is 0 Å². The number of hydrogen-bond donors (Lipinski definition) is 1. The second-order valence-electron chi connectivity index (χ2n) is 11.3. The van der Waals surface area contributed by atoms with Crippen molar-refractivity contribution < 1.29 is 22.4 Å². The average Bonchev–Trinajstić information content (AvgIpc) is 3.03. The zero-order chi connectivity index (χ0) is 33.8. The largest absolute Gasteiger partial charge is 0.396 e. The molecule has 5 rings (SSSR count). The van der Waals surface area contributed by atoms with E-state index >= 15 is 4.39 Å². The quantitative estimate of drug-likeness (QED) is 0.0955. The number of anilines is 2. The van der Waals surface area contributed by atoms with E-state index in [4.69, 9.17) is 17.3 Å². The highest BCUT2D eigenvalue weighted by Gasteiger charge is 2.34. The van der Waals surface area contributed by atoms with Crippen LogP contribution in [0.15, 0.2) is 35.8 Å². The lowest BCUT2D eigenvalue weighted by Gasteiger charge is -2.41. The number of piperazine rings is 1. The molecule has 14 heteroatoms. The van der Waals surface area contributed by atoms with Crippen molar-refractivity contribution in [1.82, 2.24) is 19.4 Å². The van der Waals surface area contributed by atoms with Crippen LogP contribution in [0.3, 0.4) is 0 Å². The standard InChI is InChI=1S/C32H28ClF4N7O2/c1-6-20(45)42-9-10-43(16(5)13-42)30-17-11-19(33)28(21-22(34)23(35)24(36)25(37)26(21)39)41-31(17)44(32(46)18(30)12-38)29-15(4)7-8-40-27(29)14(2)3/h6-8,11,14,16H,1,9-10,13,39H2,2-5H3/t16-/m0/s1. The molecule has 1 fully saturated rings. The number of rotatable bonds is 5. The predicted octanol–water partition coefficient (Wildman–Crippen LogP) is 5.77. The zero-order valence-corrected chi connectivity index (χ0v) is 26.0. The number of halogens is 5. The molecule has 0 bridgehead atoms. The summed E-state index contributed by atoms with van der Waals surface area (Å²) < 4.78 is 59.5. The number of nitrogens with two attached hydrogens (primary N) is 1. The molecule has 238 valence electrons. The summed E-state index contributed by atoms with van der Waals surface area (Å²) in [5.74, 6) is -8.40. The van der Waals surface area contributed by atoms with Crippen molar-refractivity contribution >= 4 is 39.9 Å². The summed E-state index contributed by atoms with van der Waals surface area (Å²) in [5, 5.41) is 10.2. The first-order valence-electron chi connectivity index (χ1n) is 14.2. The number of aryl methyl sites for hydroxylation is 1. The third kappa shape index (κ3) is 5.02. The van der Waals surface area contributed by atoms with Crippen molar-refractivity contribution in [2.24, 2.45) is 0 Å². The number of hydrogen-bond acceptors (Lipinski definition) is 7. The van der Waals surface area contributed by atoms with E-state index in [1.165, 1.54) is 12.1 Å². The molecule has 0 radical (unpaired) electrons. The van der Waals surface area contributed by atoms with Crippen LogP contribution in [0.1, 0.15) is 43.5 Å². The van der Waals surface area contributed by atoms with Gasteiger partial charge >= 0.3 is 0 Å². The maximum Gasteiger partial charge on any atom is 0.276 e. The predicted molar refractivity (Wildman–Crippen MR) is 167 cm³/mol. The third-order valence-electron chi connectivity index (χ3n) is 8.05. The Morgan fingerprint density at radius 1 is 1.17 bits per heavy atom. The Labute approximate surface area is 266 Å². The van der Waals surface area contributed by atoms with Crippen LogP contribution >= 0.6 is 11.6 Å². The molecule has 9 nitrogen and oxygen atoms in total. The molecule has 46 heavy (non-hydrogen) atoms. The van der Waals surface area contributed by atoms with Gasteiger partial charge in [0.2, 0.25) is 5.91 Å². The summed E-state index contributed by atoms with van der Waals surface area (Å²) in [6.07, 6.45) is 2.75. The first kappa shape index (κ1) is 32.4. The minimum absolute atomic E-state index is 0.149. The van der Waals surface area contributed by atoms with Gasteiger partial charge in [-0.25, -0.2) is 22.5 Å². The lowest BCUT2D eigenvalue weighted by Crippen LogP contribution is -2.54. The molecule has 3 aromatic heterocycles. The Hall–Kier alpha value is -4.96. The number of benzene rings is 1. The van der Waals surface area contributed by atoms with Crippen LogP contribution in [0.4, 0.5) is 28.9 Å². The van der Waals surface area contributed by atoms with E-state index in [-0.39, 0.29) is 64.5 Å². The number of fused-ring (bicyclic) bond motifs is 1. The minimum Gasteiger partial charge on any atom is -0.396 e. The lowest BCUT2D eigenvalue weighted by atomic mass is 10.0. The Balaban J connectivity index is 1.95. The van der Waals surface area contributed by atoms with Gasteiger partial charge in [0.1, 0.15) is 17.3 Å². The monoisotopic (exact) mass is 653 g/mol.